The van der Waals surface area contributed by atoms with Crippen LogP contribution in [0.2, 0.25) is 0 Å². The molecule has 0 radical (unpaired) electrons. The van der Waals surface area contributed by atoms with Crippen molar-refractivity contribution >= 4 is 22.1 Å². The Morgan fingerprint density at radius 3 is 2.87 bits per heavy atom. The second-order valence-corrected chi connectivity index (χ2v) is 9.38. The second-order valence-electron chi connectivity index (χ2n) is 8.52. The van der Waals surface area contributed by atoms with Gasteiger partial charge >= 0.3 is 0 Å². The minimum absolute atomic E-state index is 0.116. The Balaban J connectivity index is 1.30. The number of aromatic nitrogens is 4. The largest absolute Gasteiger partial charge is 0.771 e. The maximum absolute atomic E-state index is 10.9. The predicted molar refractivity (Wildman–Crippen MR) is 115 cm³/mol. The van der Waals surface area contributed by atoms with E-state index in [1.807, 2.05) is 40.3 Å². The molecule has 5 rings (SSSR count). The lowest BCUT2D eigenvalue weighted by atomic mass is 9.84. The maximum Gasteiger partial charge on any atom is 0.137 e. The molecule has 2 aliphatic heterocycles. The van der Waals surface area contributed by atoms with Crippen LogP contribution in [0, 0.1) is 11.3 Å². The summed E-state index contributed by atoms with van der Waals surface area (Å²) in [5.74, 6) is 0.116. The van der Waals surface area contributed by atoms with Crippen molar-refractivity contribution in [3.8, 4) is 17.2 Å². The van der Waals surface area contributed by atoms with Gasteiger partial charge in [0.1, 0.15) is 11.2 Å². The molecule has 2 fully saturated rings. The summed E-state index contributed by atoms with van der Waals surface area (Å²) in [6.07, 6.45) is 9.89. The molecule has 1 atom stereocenters. The molecule has 9 nitrogen and oxygen atoms in total. The number of nitrogens with one attached hydrogen (secondary N) is 1. The van der Waals surface area contributed by atoms with E-state index in [1.165, 1.54) is 0 Å². The number of H-pyrrole nitrogens is 1. The second kappa shape index (κ2) is 8.16. The normalized spacial score (nSPS) is 21.0. The lowest BCUT2D eigenvalue weighted by Gasteiger charge is -2.53. The van der Waals surface area contributed by atoms with E-state index < -0.39 is 11.1 Å². The zero-order valence-electron chi connectivity index (χ0n) is 17.1. The SMILES string of the molecule is N#CCC1(n2cc(-c3ccnc4[nH]ccc34)cn2)CN(C2CCN(CS(=O)[O-])CC2)C1. The highest BCUT2D eigenvalue weighted by Crippen LogP contribution is 2.37. The molecule has 31 heavy (non-hydrogen) atoms. The third-order valence-electron chi connectivity index (χ3n) is 6.60. The molecule has 0 bridgehead atoms. The molecule has 0 aliphatic carbocycles. The van der Waals surface area contributed by atoms with Crippen LogP contribution in [-0.2, 0) is 16.6 Å². The van der Waals surface area contributed by atoms with Gasteiger partial charge in [-0.1, -0.05) is 0 Å². The molecule has 2 aliphatic rings. The van der Waals surface area contributed by atoms with Crippen molar-refractivity contribution in [3.05, 3.63) is 36.9 Å². The van der Waals surface area contributed by atoms with Gasteiger partial charge in [-0.05, 0) is 41.6 Å². The van der Waals surface area contributed by atoms with E-state index in [0.29, 0.717) is 12.5 Å². The van der Waals surface area contributed by atoms with Crippen molar-refractivity contribution in [3.63, 3.8) is 0 Å². The molecule has 2 saturated heterocycles. The zero-order valence-corrected chi connectivity index (χ0v) is 17.9. The van der Waals surface area contributed by atoms with Gasteiger partial charge in [-0.3, -0.25) is 18.7 Å². The summed E-state index contributed by atoms with van der Waals surface area (Å²) in [4.78, 5) is 11.9. The van der Waals surface area contributed by atoms with Gasteiger partial charge in [0, 0.05) is 61.8 Å². The first kappa shape index (κ1) is 20.3. The Morgan fingerprint density at radius 2 is 2.13 bits per heavy atom. The van der Waals surface area contributed by atoms with Gasteiger partial charge in [0.05, 0.1) is 24.6 Å². The van der Waals surface area contributed by atoms with Crippen molar-refractivity contribution < 1.29 is 8.76 Å². The average Bonchev–Trinajstić information content (AvgIpc) is 3.40. The van der Waals surface area contributed by atoms with Crippen molar-refractivity contribution in [1.82, 2.24) is 29.5 Å². The first-order valence-electron chi connectivity index (χ1n) is 10.4. The molecule has 5 heterocycles. The van der Waals surface area contributed by atoms with Crippen LogP contribution < -0.4 is 0 Å². The van der Waals surface area contributed by atoms with Crippen molar-refractivity contribution in [2.75, 3.05) is 32.1 Å². The summed E-state index contributed by atoms with van der Waals surface area (Å²) in [5.41, 5.74) is 2.62. The molecule has 0 spiro atoms. The monoisotopic (exact) mass is 438 g/mol. The van der Waals surface area contributed by atoms with E-state index in [2.05, 4.69) is 26.0 Å². The highest BCUT2D eigenvalue weighted by atomic mass is 32.2. The average molecular weight is 439 g/mol. The number of nitriles is 1. The van der Waals surface area contributed by atoms with E-state index in [-0.39, 0.29) is 11.4 Å². The van der Waals surface area contributed by atoms with E-state index in [0.717, 1.165) is 61.2 Å². The molecular formula is C21H24N7O2S-. The number of piperidine rings is 1. The van der Waals surface area contributed by atoms with Gasteiger partial charge in [-0.2, -0.15) is 10.4 Å². The number of aromatic amines is 1. The van der Waals surface area contributed by atoms with Crippen LogP contribution in [0.4, 0.5) is 0 Å². The summed E-state index contributed by atoms with van der Waals surface area (Å²) in [7, 11) is 0. The standard InChI is InChI=1S/C21H25N7O2S/c22-6-5-21(13-27(14-21)17-3-9-26(10-4-17)15-31(29)30)28-12-16(11-25-28)18-1-7-23-20-19(18)2-8-24-20/h1-2,7-8,11-12,17H,3-5,9-10,13-15H2,(H,23,24)(H,29,30)/p-1. The summed E-state index contributed by atoms with van der Waals surface area (Å²) in [5, 5.41) is 15.2. The summed E-state index contributed by atoms with van der Waals surface area (Å²) < 4.78 is 23.8. The third-order valence-corrected chi connectivity index (χ3v) is 7.18. The van der Waals surface area contributed by atoms with Gasteiger partial charge in [-0.25, -0.2) is 4.98 Å². The lowest BCUT2D eigenvalue weighted by Crippen LogP contribution is -2.66. The van der Waals surface area contributed by atoms with E-state index >= 15 is 0 Å². The minimum Gasteiger partial charge on any atom is -0.771 e. The lowest BCUT2D eigenvalue weighted by molar-refractivity contribution is -0.0418. The fourth-order valence-corrected chi connectivity index (χ4v) is 5.51. The molecule has 3 aromatic heterocycles. The summed E-state index contributed by atoms with van der Waals surface area (Å²) >= 11 is -2.02. The van der Waals surface area contributed by atoms with Gasteiger partial charge in [0.15, 0.2) is 0 Å². The number of hydrogen-bond donors (Lipinski definition) is 1. The van der Waals surface area contributed by atoms with Crippen LogP contribution >= 0.6 is 0 Å². The van der Waals surface area contributed by atoms with Gasteiger partial charge in [-0.15, -0.1) is 0 Å². The predicted octanol–water partition coefficient (Wildman–Crippen LogP) is 1.65. The Bertz CT molecular complexity index is 1140. The van der Waals surface area contributed by atoms with Crippen LogP contribution in [0.1, 0.15) is 19.3 Å². The summed E-state index contributed by atoms with van der Waals surface area (Å²) in [6, 6.07) is 6.79. The minimum atomic E-state index is -2.02. The Kier molecular flexibility index (Phi) is 5.35. The maximum atomic E-state index is 10.9. The molecule has 162 valence electrons. The zero-order chi connectivity index (χ0) is 21.4. The third kappa shape index (κ3) is 3.78. The smallest absolute Gasteiger partial charge is 0.137 e. The van der Waals surface area contributed by atoms with Crippen LogP contribution in [-0.4, -0.2) is 76.4 Å². The number of fused-ring (bicyclic) bond motifs is 1. The van der Waals surface area contributed by atoms with Crippen LogP contribution in [0.3, 0.4) is 0 Å². The van der Waals surface area contributed by atoms with Crippen LogP contribution in [0.5, 0.6) is 0 Å². The van der Waals surface area contributed by atoms with Crippen molar-refractivity contribution in [2.45, 2.75) is 30.8 Å². The molecule has 0 amide bonds. The van der Waals surface area contributed by atoms with E-state index in [9.17, 15) is 14.0 Å². The fraction of sp³-hybridized carbons (Fsp3) is 0.476. The molecule has 1 unspecified atom stereocenters. The van der Waals surface area contributed by atoms with Gasteiger partial charge in [0.25, 0.3) is 0 Å². The Labute approximate surface area is 182 Å². The quantitative estimate of drug-likeness (QED) is 0.582. The Hall–Kier alpha value is -2.58. The summed E-state index contributed by atoms with van der Waals surface area (Å²) in [6.45, 7) is 3.16. The molecule has 10 heteroatoms. The Morgan fingerprint density at radius 1 is 1.32 bits per heavy atom. The number of nitrogens with zero attached hydrogens (tertiary/aromatic N) is 6. The van der Waals surface area contributed by atoms with E-state index in [1.54, 1.807) is 6.20 Å². The van der Waals surface area contributed by atoms with Crippen molar-refractivity contribution in [2.24, 2.45) is 0 Å². The topological polar surface area (TPSA) is 117 Å². The van der Waals surface area contributed by atoms with Crippen molar-refractivity contribution in [1.29, 1.82) is 5.26 Å². The first-order valence-corrected chi connectivity index (χ1v) is 11.7. The van der Waals surface area contributed by atoms with E-state index in [4.69, 9.17) is 0 Å². The van der Waals surface area contributed by atoms with Gasteiger partial charge < -0.3 is 9.54 Å². The van der Waals surface area contributed by atoms with Crippen LogP contribution in [0.25, 0.3) is 22.2 Å². The number of pyridine rings is 1. The molecule has 3 aromatic rings. The fourth-order valence-electron chi connectivity index (χ4n) is 4.95. The van der Waals surface area contributed by atoms with Gasteiger partial charge in [0.2, 0.25) is 0 Å². The molecular weight excluding hydrogens is 414 g/mol. The first-order chi connectivity index (χ1) is 15.1. The molecule has 0 aromatic carbocycles. The highest BCUT2D eigenvalue weighted by Gasteiger charge is 2.48. The highest BCUT2D eigenvalue weighted by molar-refractivity contribution is 7.79. The number of hydrogen-bond acceptors (Lipinski definition) is 7. The molecule has 0 saturated carbocycles. The number of likely N-dealkylation sites (tertiary alicyclic amines) is 2. The molecule has 1 N–H and O–H groups in total. The van der Waals surface area contributed by atoms with Crippen LogP contribution in [0.15, 0.2) is 36.9 Å². The number of rotatable bonds is 6.